The minimum atomic E-state index is -4.51. The summed E-state index contributed by atoms with van der Waals surface area (Å²) in [6.45, 7) is 6.48. The lowest BCUT2D eigenvalue weighted by Crippen LogP contribution is -2.12. The van der Waals surface area contributed by atoms with Crippen LogP contribution in [0.2, 0.25) is 0 Å². The van der Waals surface area contributed by atoms with Gasteiger partial charge in [-0.3, -0.25) is 0 Å². The summed E-state index contributed by atoms with van der Waals surface area (Å²) in [5, 5.41) is 8.85. The molecule has 0 aliphatic carbocycles. The summed E-state index contributed by atoms with van der Waals surface area (Å²) < 4.78 is 91.2. The smallest absolute Gasteiger partial charge is 0.416 e. The lowest BCUT2D eigenvalue weighted by atomic mass is 10.1. The standard InChI is InChI=1S/C16H21F3O3.C12H13F3O3/c1-3-5-9-21-14-11-12(16(17,18)19)7-8-13(14)15(20)22-10-6-4-2;1-2-3-6-18-10-7-8(12(13,14)15)4-5-9(10)11(16)17/h7-8,11H,3-6,9-10H2,1-2H3;4-5,7H,2-3,6H2,1H3,(H,16,17). The van der Waals surface area contributed by atoms with Gasteiger partial charge < -0.3 is 19.3 Å². The van der Waals surface area contributed by atoms with Gasteiger partial charge in [-0.2, -0.15) is 26.3 Å². The second-order valence-corrected chi connectivity index (χ2v) is 8.62. The van der Waals surface area contributed by atoms with Crippen LogP contribution >= 0.6 is 0 Å². The topological polar surface area (TPSA) is 82.1 Å². The third-order valence-corrected chi connectivity index (χ3v) is 5.31. The average molecular weight is 581 g/mol. The van der Waals surface area contributed by atoms with Crippen molar-refractivity contribution < 1.29 is 55.2 Å². The summed E-state index contributed by atoms with van der Waals surface area (Å²) in [6, 6.07) is 5.19. The fourth-order valence-corrected chi connectivity index (χ4v) is 3.02. The van der Waals surface area contributed by atoms with E-state index in [4.69, 9.17) is 19.3 Å². The first-order chi connectivity index (χ1) is 18.8. The molecule has 0 aromatic heterocycles. The number of benzene rings is 2. The van der Waals surface area contributed by atoms with E-state index in [2.05, 4.69) is 0 Å². The molecule has 2 aromatic carbocycles. The van der Waals surface area contributed by atoms with E-state index >= 15 is 0 Å². The Hall–Kier alpha value is -3.44. The zero-order chi connectivity index (χ0) is 30.3. The normalized spacial score (nSPS) is 11.3. The molecule has 224 valence electrons. The number of carbonyl (C=O) groups is 2. The van der Waals surface area contributed by atoms with Gasteiger partial charge >= 0.3 is 24.3 Å². The third kappa shape index (κ3) is 11.7. The van der Waals surface area contributed by atoms with Crippen LogP contribution in [0.15, 0.2) is 36.4 Å². The monoisotopic (exact) mass is 580 g/mol. The summed E-state index contributed by atoms with van der Waals surface area (Å²) in [6.07, 6.45) is -4.43. The molecule has 1 N–H and O–H groups in total. The van der Waals surface area contributed by atoms with E-state index < -0.39 is 35.4 Å². The molecule has 0 atom stereocenters. The van der Waals surface area contributed by atoms with Crippen LogP contribution in [-0.4, -0.2) is 36.9 Å². The van der Waals surface area contributed by atoms with E-state index in [1.54, 1.807) is 0 Å². The minimum absolute atomic E-state index is 0.0280. The van der Waals surface area contributed by atoms with E-state index in [1.807, 2.05) is 20.8 Å². The number of hydrogen-bond donors (Lipinski definition) is 1. The molecule has 6 nitrogen and oxygen atoms in total. The van der Waals surface area contributed by atoms with Crippen LogP contribution in [0, 0.1) is 0 Å². The Labute approximate surface area is 229 Å². The fourth-order valence-electron chi connectivity index (χ4n) is 3.02. The van der Waals surface area contributed by atoms with Gasteiger partial charge in [0.05, 0.1) is 30.9 Å². The Kier molecular flexibility index (Phi) is 14.4. The highest BCUT2D eigenvalue weighted by molar-refractivity contribution is 5.92. The molecular weight excluding hydrogens is 546 g/mol. The quantitative estimate of drug-likeness (QED) is 0.146. The number of carboxylic acids is 1. The molecule has 0 radical (unpaired) electrons. The predicted octanol–water partition coefficient (Wildman–Crippen LogP) is 8.42. The van der Waals surface area contributed by atoms with Crippen molar-refractivity contribution in [3.63, 3.8) is 0 Å². The summed E-state index contributed by atoms with van der Waals surface area (Å²) >= 11 is 0. The Morgan fingerprint density at radius 1 is 0.675 bits per heavy atom. The number of halogens is 6. The van der Waals surface area contributed by atoms with Crippen LogP contribution in [-0.2, 0) is 17.1 Å². The second-order valence-electron chi connectivity index (χ2n) is 8.62. The summed E-state index contributed by atoms with van der Waals surface area (Å²) in [7, 11) is 0. The van der Waals surface area contributed by atoms with E-state index in [0.717, 1.165) is 55.7 Å². The molecule has 0 saturated carbocycles. The SMILES string of the molecule is CCCCOC(=O)c1ccc(C(F)(F)F)cc1OCCCC.CCCCOc1cc(C(F)(F)F)ccc1C(=O)O. The Balaban J connectivity index is 0.000000408. The van der Waals surface area contributed by atoms with Gasteiger partial charge in [0.1, 0.15) is 22.6 Å². The van der Waals surface area contributed by atoms with Crippen molar-refractivity contribution in [2.24, 2.45) is 0 Å². The first-order valence-corrected chi connectivity index (χ1v) is 12.8. The van der Waals surface area contributed by atoms with Crippen molar-refractivity contribution in [1.29, 1.82) is 0 Å². The van der Waals surface area contributed by atoms with Crippen LogP contribution in [0.5, 0.6) is 11.5 Å². The highest BCUT2D eigenvalue weighted by atomic mass is 19.4. The maximum absolute atomic E-state index is 12.8. The maximum atomic E-state index is 12.8. The molecule has 0 aliphatic rings. The molecular formula is C28H34F6O6. The van der Waals surface area contributed by atoms with E-state index in [0.29, 0.717) is 19.3 Å². The average Bonchev–Trinajstić information content (AvgIpc) is 2.88. The summed E-state index contributed by atoms with van der Waals surface area (Å²) in [5.74, 6) is -2.29. The van der Waals surface area contributed by atoms with Crippen molar-refractivity contribution in [3.8, 4) is 11.5 Å². The van der Waals surface area contributed by atoms with Crippen molar-refractivity contribution >= 4 is 11.9 Å². The van der Waals surface area contributed by atoms with Gasteiger partial charge in [0.25, 0.3) is 0 Å². The van der Waals surface area contributed by atoms with Gasteiger partial charge in [-0.25, -0.2) is 9.59 Å². The first kappa shape index (κ1) is 34.6. The molecule has 40 heavy (non-hydrogen) atoms. The number of unbranched alkanes of at least 4 members (excludes halogenated alkanes) is 3. The number of hydrogen-bond acceptors (Lipinski definition) is 5. The van der Waals surface area contributed by atoms with Gasteiger partial charge in [0.15, 0.2) is 0 Å². The molecule has 0 aliphatic heterocycles. The van der Waals surface area contributed by atoms with Crippen LogP contribution in [0.3, 0.4) is 0 Å². The molecule has 0 amide bonds. The Morgan fingerprint density at radius 3 is 1.48 bits per heavy atom. The van der Waals surface area contributed by atoms with Crippen molar-refractivity contribution in [3.05, 3.63) is 58.7 Å². The molecule has 12 heteroatoms. The third-order valence-electron chi connectivity index (χ3n) is 5.31. The number of carboxylic acid groups (broad SMARTS) is 1. The van der Waals surface area contributed by atoms with Gasteiger partial charge in [-0.05, 0) is 55.7 Å². The van der Waals surface area contributed by atoms with E-state index in [9.17, 15) is 35.9 Å². The molecule has 0 fully saturated rings. The van der Waals surface area contributed by atoms with Crippen LogP contribution in [0.4, 0.5) is 26.3 Å². The predicted molar refractivity (Wildman–Crippen MR) is 136 cm³/mol. The molecule has 0 spiro atoms. The van der Waals surface area contributed by atoms with Crippen LogP contribution in [0.1, 0.15) is 91.1 Å². The van der Waals surface area contributed by atoms with Crippen molar-refractivity contribution in [1.82, 2.24) is 0 Å². The van der Waals surface area contributed by atoms with Gasteiger partial charge in [0.2, 0.25) is 0 Å². The largest absolute Gasteiger partial charge is 0.493 e. The molecule has 0 bridgehead atoms. The zero-order valence-electron chi connectivity index (χ0n) is 22.6. The minimum Gasteiger partial charge on any atom is -0.493 e. The van der Waals surface area contributed by atoms with E-state index in [1.165, 1.54) is 0 Å². The van der Waals surface area contributed by atoms with Crippen LogP contribution < -0.4 is 9.47 Å². The summed E-state index contributed by atoms with van der Waals surface area (Å²) in [4.78, 5) is 22.8. The van der Waals surface area contributed by atoms with Crippen molar-refractivity contribution in [2.75, 3.05) is 19.8 Å². The first-order valence-electron chi connectivity index (χ1n) is 12.8. The fraction of sp³-hybridized carbons (Fsp3) is 0.500. The number of aromatic carboxylic acids is 1. The summed E-state index contributed by atoms with van der Waals surface area (Å²) in [5.41, 5.74) is -2.00. The highest BCUT2D eigenvalue weighted by Gasteiger charge is 2.33. The molecule has 0 unspecified atom stereocenters. The van der Waals surface area contributed by atoms with Crippen LogP contribution in [0.25, 0.3) is 0 Å². The zero-order valence-corrected chi connectivity index (χ0v) is 22.6. The maximum Gasteiger partial charge on any atom is 0.416 e. The van der Waals surface area contributed by atoms with Gasteiger partial charge in [-0.1, -0.05) is 40.0 Å². The highest BCUT2D eigenvalue weighted by Crippen LogP contribution is 2.34. The molecule has 2 rings (SSSR count). The number of ether oxygens (including phenoxy) is 3. The molecule has 2 aromatic rings. The van der Waals surface area contributed by atoms with Crippen molar-refractivity contribution in [2.45, 2.75) is 71.6 Å². The number of alkyl halides is 6. The lowest BCUT2D eigenvalue weighted by Gasteiger charge is -2.14. The molecule has 0 heterocycles. The van der Waals surface area contributed by atoms with Gasteiger partial charge in [0, 0.05) is 0 Å². The number of rotatable bonds is 13. The number of carbonyl (C=O) groups excluding carboxylic acids is 1. The Morgan fingerprint density at radius 2 is 1.07 bits per heavy atom. The van der Waals surface area contributed by atoms with Gasteiger partial charge in [-0.15, -0.1) is 0 Å². The second kappa shape index (κ2) is 16.6. The van der Waals surface area contributed by atoms with E-state index in [-0.39, 0.29) is 42.4 Å². The Bertz CT molecular complexity index is 1080. The lowest BCUT2D eigenvalue weighted by molar-refractivity contribution is -0.138. The molecule has 0 saturated heterocycles. The number of esters is 1.